The molecular weight excluding hydrogens is 418 g/mol. The Morgan fingerprint density at radius 3 is 2.64 bits per heavy atom. The average molecular weight is 448 g/mol. The molecule has 4 bridgehead atoms. The van der Waals surface area contributed by atoms with Crippen LogP contribution in [-0.2, 0) is 16.1 Å². The van der Waals surface area contributed by atoms with E-state index < -0.39 is 0 Å². The minimum atomic E-state index is -0.199. The Hall–Kier alpha value is -3.46. The van der Waals surface area contributed by atoms with E-state index in [1.165, 1.54) is 11.9 Å². The van der Waals surface area contributed by atoms with E-state index >= 15 is 0 Å². The van der Waals surface area contributed by atoms with Gasteiger partial charge in [0.05, 0.1) is 11.1 Å². The third kappa shape index (κ3) is 4.54. The summed E-state index contributed by atoms with van der Waals surface area (Å²) in [5, 5.41) is 6.16. The molecule has 2 N–H and O–H groups in total. The normalized spacial score (nSPS) is 21.3. The number of nitrogens with zero attached hydrogens (tertiary/aromatic N) is 5. The van der Waals surface area contributed by atoms with Crippen molar-refractivity contribution in [2.75, 3.05) is 55.3 Å². The fourth-order valence-corrected chi connectivity index (χ4v) is 4.67. The maximum absolute atomic E-state index is 12.8. The number of carbonyl (C=O) groups excluding carboxylic acids is 2. The lowest BCUT2D eigenvalue weighted by molar-refractivity contribution is -0.131. The number of aromatic nitrogens is 2. The Labute approximate surface area is 193 Å². The van der Waals surface area contributed by atoms with E-state index in [9.17, 15) is 9.59 Å². The Morgan fingerprint density at radius 2 is 1.79 bits per heavy atom. The first kappa shape index (κ1) is 21.4. The highest BCUT2D eigenvalue weighted by molar-refractivity contribution is 6.32. The van der Waals surface area contributed by atoms with E-state index in [4.69, 9.17) is 0 Å². The molecule has 5 heterocycles. The number of piperazine rings is 1. The molecule has 1 fully saturated rings. The van der Waals surface area contributed by atoms with Crippen LogP contribution in [0.2, 0.25) is 0 Å². The van der Waals surface area contributed by atoms with Crippen LogP contribution in [0.3, 0.4) is 0 Å². The SMILES string of the molecule is CN1CCCCC(=O)N2CCN(CC2)c2ncnc3c2/C(=C/Nc2cccc(c2)C1)C(=O)N3. The van der Waals surface area contributed by atoms with Gasteiger partial charge in [-0.1, -0.05) is 12.1 Å². The van der Waals surface area contributed by atoms with Crippen LogP contribution < -0.4 is 15.5 Å². The predicted molar refractivity (Wildman–Crippen MR) is 128 cm³/mol. The fourth-order valence-electron chi connectivity index (χ4n) is 4.67. The molecule has 6 rings (SSSR count). The lowest BCUT2D eigenvalue weighted by atomic mass is 10.1. The van der Waals surface area contributed by atoms with E-state index in [2.05, 4.69) is 49.6 Å². The molecule has 0 saturated carbocycles. The second-order valence-electron chi connectivity index (χ2n) is 8.84. The third-order valence-corrected chi connectivity index (χ3v) is 6.45. The molecule has 0 aliphatic carbocycles. The maximum atomic E-state index is 12.8. The molecule has 9 heteroatoms. The molecule has 1 aromatic carbocycles. The Balaban J connectivity index is 1.49. The zero-order valence-electron chi connectivity index (χ0n) is 18.9. The van der Waals surface area contributed by atoms with Gasteiger partial charge in [0.1, 0.15) is 18.0 Å². The molecule has 9 nitrogen and oxygen atoms in total. The van der Waals surface area contributed by atoms with Crippen LogP contribution >= 0.6 is 0 Å². The van der Waals surface area contributed by atoms with Gasteiger partial charge >= 0.3 is 0 Å². The second-order valence-corrected chi connectivity index (χ2v) is 8.84. The number of hydrogen-bond acceptors (Lipinski definition) is 7. The van der Waals surface area contributed by atoms with Crippen LogP contribution in [0.15, 0.2) is 36.8 Å². The molecule has 2 amide bonds. The van der Waals surface area contributed by atoms with Crippen molar-refractivity contribution in [3.63, 3.8) is 0 Å². The van der Waals surface area contributed by atoms with Gasteiger partial charge in [-0.3, -0.25) is 9.59 Å². The highest BCUT2D eigenvalue weighted by Gasteiger charge is 2.32. The molecule has 0 unspecified atom stereocenters. The van der Waals surface area contributed by atoms with Crippen molar-refractivity contribution in [2.45, 2.75) is 25.8 Å². The maximum Gasteiger partial charge on any atom is 0.259 e. The van der Waals surface area contributed by atoms with Crippen LogP contribution in [0.5, 0.6) is 0 Å². The van der Waals surface area contributed by atoms with Gasteiger partial charge in [0.2, 0.25) is 5.91 Å². The summed E-state index contributed by atoms with van der Waals surface area (Å²) in [6, 6.07) is 8.20. The summed E-state index contributed by atoms with van der Waals surface area (Å²) in [5.41, 5.74) is 3.33. The largest absolute Gasteiger partial charge is 0.361 e. The van der Waals surface area contributed by atoms with E-state index in [-0.39, 0.29) is 11.8 Å². The molecule has 0 atom stereocenters. The number of anilines is 3. The van der Waals surface area contributed by atoms with Crippen LogP contribution in [0.1, 0.15) is 30.4 Å². The molecular formula is C24H29N7O2. The summed E-state index contributed by atoms with van der Waals surface area (Å²) in [5.74, 6) is 1.27. The van der Waals surface area contributed by atoms with Crippen LogP contribution in [0, 0.1) is 0 Å². The van der Waals surface area contributed by atoms with Gasteiger partial charge in [-0.05, 0) is 44.1 Å². The first-order valence-corrected chi connectivity index (χ1v) is 11.5. The van der Waals surface area contributed by atoms with Gasteiger partial charge in [0.25, 0.3) is 5.91 Å². The molecule has 4 aliphatic heterocycles. The first-order chi connectivity index (χ1) is 16.1. The summed E-state index contributed by atoms with van der Waals surface area (Å²) in [7, 11) is 2.10. The van der Waals surface area contributed by atoms with E-state index in [0.717, 1.165) is 37.4 Å². The van der Waals surface area contributed by atoms with Gasteiger partial charge in [0, 0.05) is 51.0 Å². The zero-order chi connectivity index (χ0) is 22.8. The van der Waals surface area contributed by atoms with Gasteiger partial charge in [0.15, 0.2) is 0 Å². The minimum Gasteiger partial charge on any atom is -0.361 e. The molecule has 172 valence electrons. The molecule has 0 radical (unpaired) electrons. The third-order valence-electron chi connectivity index (χ3n) is 6.45. The zero-order valence-corrected chi connectivity index (χ0v) is 18.9. The Morgan fingerprint density at radius 1 is 0.970 bits per heavy atom. The highest BCUT2D eigenvalue weighted by atomic mass is 16.2. The molecule has 1 aromatic heterocycles. The number of benzene rings is 1. The van der Waals surface area contributed by atoms with Gasteiger partial charge in [-0.2, -0.15) is 0 Å². The first-order valence-electron chi connectivity index (χ1n) is 11.5. The number of hydrogen-bond donors (Lipinski definition) is 2. The average Bonchev–Trinajstić information content (AvgIpc) is 3.15. The number of fused-ring (bicyclic) bond motifs is 9. The summed E-state index contributed by atoms with van der Waals surface area (Å²) >= 11 is 0. The van der Waals surface area contributed by atoms with Crippen molar-refractivity contribution in [3.8, 4) is 0 Å². The van der Waals surface area contributed by atoms with Crippen molar-refractivity contribution in [2.24, 2.45) is 0 Å². The summed E-state index contributed by atoms with van der Waals surface area (Å²) in [6.45, 7) is 4.43. The quantitative estimate of drug-likeness (QED) is 0.639. The van der Waals surface area contributed by atoms with Crippen molar-refractivity contribution < 1.29 is 9.59 Å². The van der Waals surface area contributed by atoms with Crippen molar-refractivity contribution in [1.82, 2.24) is 19.8 Å². The molecule has 4 aliphatic rings. The van der Waals surface area contributed by atoms with E-state index in [1.54, 1.807) is 6.20 Å². The molecule has 2 aromatic rings. The second kappa shape index (κ2) is 9.19. The molecule has 0 spiro atoms. The van der Waals surface area contributed by atoms with Gasteiger partial charge in [-0.25, -0.2) is 9.97 Å². The Bertz CT molecular complexity index is 1090. The predicted octanol–water partition coefficient (Wildman–Crippen LogP) is 2.15. The minimum absolute atomic E-state index is 0.199. The van der Waals surface area contributed by atoms with Crippen LogP contribution in [-0.4, -0.2) is 71.4 Å². The Kier molecular flexibility index (Phi) is 5.95. The van der Waals surface area contributed by atoms with Crippen molar-refractivity contribution in [1.29, 1.82) is 0 Å². The number of nitrogens with one attached hydrogen (secondary N) is 2. The number of rotatable bonds is 0. The molecule has 1 saturated heterocycles. The van der Waals surface area contributed by atoms with E-state index in [1.807, 2.05) is 17.0 Å². The highest BCUT2D eigenvalue weighted by Crippen LogP contribution is 2.36. The van der Waals surface area contributed by atoms with Crippen LogP contribution in [0.25, 0.3) is 5.57 Å². The molecule has 33 heavy (non-hydrogen) atoms. The van der Waals surface area contributed by atoms with Crippen LogP contribution in [0.4, 0.5) is 17.3 Å². The summed E-state index contributed by atoms with van der Waals surface area (Å²) in [4.78, 5) is 40.6. The van der Waals surface area contributed by atoms with Gasteiger partial charge < -0.3 is 25.3 Å². The lowest BCUT2D eigenvalue weighted by Crippen LogP contribution is -2.49. The van der Waals surface area contributed by atoms with Gasteiger partial charge in [-0.15, -0.1) is 0 Å². The van der Waals surface area contributed by atoms with E-state index in [0.29, 0.717) is 49.6 Å². The standard InChI is InChI=1S/C24H29N7O2/c1-29-8-3-2-7-20(32)30-9-11-31(12-10-30)23-21-19(24(33)28-22(21)26-16-27-23)14-25-18-6-4-5-17(13-18)15-29/h4-6,13-14,16,25H,2-3,7-12,15H2,1H3,(H,26,27,28,33)/b19-14-. The van der Waals surface area contributed by atoms with Crippen molar-refractivity contribution >= 4 is 34.7 Å². The van der Waals surface area contributed by atoms with Crippen molar-refractivity contribution in [3.05, 3.63) is 47.9 Å². The monoisotopic (exact) mass is 447 g/mol. The number of carbonyl (C=O) groups is 2. The topological polar surface area (TPSA) is 93.7 Å². The number of amides is 2. The lowest BCUT2D eigenvalue weighted by Gasteiger charge is -2.36. The smallest absolute Gasteiger partial charge is 0.259 e. The summed E-state index contributed by atoms with van der Waals surface area (Å²) in [6.07, 6.45) is 5.70. The fraction of sp³-hybridized carbons (Fsp3) is 0.417. The summed E-state index contributed by atoms with van der Waals surface area (Å²) < 4.78 is 0.